The summed E-state index contributed by atoms with van der Waals surface area (Å²) >= 11 is 0. The Hall–Kier alpha value is -3.35. The molecule has 0 N–H and O–H groups in total. The first kappa shape index (κ1) is 19.0. The van der Waals surface area contributed by atoms with Crippen LogP contribution in [0.1, 0.15) is 21.7 Å². The summed E-state index contributed by atoms with van der Waals surface area (Å²) in [6, 6.07) is 13.7. The van der Waals surface area contributed by atoms with Crippen LogP contribution in [0.5, 0.6) is 5.88 Å². The van der Waals surface area contributed by atoms with Gasteiger partial charge in [0.1, 0.15) is 5.56 Å². The second-order valence-corrected chi connectivity index (χ2v) is 7.11. The van der Waals surface area contributed by atoms with Crippen LogP contribution < -0.4 is 9.64 Å². The predicted octanol–water partition coefficient (Wildman–Crippen LogP) is 2.86. The van der Waals surface area contributed by atoms with Gasteiger partial charge >= 0.3 is 0 Å². The molecule has 3 aromatic rings. The molecule has 1 aromatic carbocycles. The zero-order valence-electron chi connectivity index (χ0n) is 17.0. The Kier molecular flexibility index (Phi) is 5.20. The zero-order chi connectivity index (χ0) is 20.4. The Morgan fingerprint density at radius 3 is 2.41 bits per heavy atom. The fraction of sp³-hybridized carbons (Fsp3) is 0.318. The molecule has 2 aromatic heterocycles. The van der Waals surface area contributed by atoms with Gasteiger partial charge in [-0.15, -0.1) is 0 Å². The number of piperazine rings is 1. The van der Waals surface area contributed by atoms with E-state index in [2.05, 4.69) is 28.9 Å². The summed E-state index contributed by atoms with van der Waals surface area (Å²) in [5, 5.41) is 4.75. The molecule has 29 heavy (non-hydrogen) atoms. The van der Waals surface area contributed by atoms with Crippen LogP contribution in [-0.4, -0.2) is 58.9 Å². The molecule has 150 valence electrons. The van der Waals surface area contributed by atoms with Gasteiger partial charge in [0.25, 0.3) is 5.91 Å². The fourth-order valence-corrected chi connectivity index (χ4v) is 3.93. The fourth-order valence-electron chi connectivity index (χ4n) is 3.93. The lowest BCUT2D eigenvalue weighted by Gasteiger charge is -2.36. The zero-order valence-corrected chi connectivity index (χ0v) is 17.0. The number of para-hydroxylation sites is 1. The number of benzene rings is 1. The smallest absolute Gasteiger partial charge is 0.259 e. The molecule has 7 nitrogen and oxygen atoms in total. The van der Waals surface area contributed by atoms with Crippen LogP contribution in [0.25, 0.3) is 5.69 Å². The van der Waals surface area contributed by atoms with Crippen LogP contribution in [0.2, 0.25) is 0 Å². The van der Waals surface area contributed by atoms with Gasteiger partial charge in [-0.3, -0.25) is 4.79 Å². The highest BCUT2D eigenvalue weighted by Crippen LogP contribution is 2.28. The molecule has 1 aliphatic rings. The molecule has 4 rings (SSSR count). The monoisotopic (exact) mass is 391 g/mol. The molecule has 1 amide bonds. The molecule has 0 saturated carbocycles. The number of anilines is 1. The number of hydrogen-bond acceptors (Lipinski definition) is 5. The molecule has 0 bridgehead atoms. The van der Waals surface area contributed by atoms with Crippen LogP contribution in [-0.2, 0) is 0 Å². The number of hydrogen-bond donors (Lipinski definition) is 0. The first-order valence-corrected chi connectivity index (χ1v) is 9.75. The largest absolute Gasteiger partial charge is 0.480 e. The summed E-state index contributed by atoms with van der Waals surface area (Å²) in [5.41, 5.74) is 4.83. The number of methoxy groups -OCH3 is 1. The van der Waals surface area contributed by atoms with Crippen molar-refractivity contribution < 1.29 is 9.53 Å². The quantitative estimate of drug-likeness (QED) is 0.684. The highest BCUT2D eigenvalue weighted by Gasteiger charge is 2.27. The van der Waals surface area contributed by atoms with Crippen molar-refractivity contribution in [1.82, 2.24) is 19.7 Å². The van der Waals surface area contributed by atoms with E-state index in [4.69, 9.17) is 9.84 Å². The molecule has 0 unspecified atom stereocenters. The summed E-state index contributed by atoms with van der Waals surface area (Å²) in [4.78, 5) is 21.2. The second-order valence-electron chi connectivity index (χ2n) is 7.11. The summed E-state index contributed by atoms with van der Waals surface area (Å²) in [5.74, 6) is 0.332. The lowest BCUT2D eigenvalue weighted by atomic mass is 10.2. The molecule has 0 aliphatic carbocycles. The third-order valence-electron chi connectivity index (χ3n) is 5.33. The molecule has 7 heteroatoms. The van der Waals surface area contributed by atoms with Gasteiger partial charge in [-0.2, -0.15) is 5.10 Å². The van der Waals surface area contributed by atoms with E-state index in [9.17, 15) is 4.79 Å². The number of amides is 1. The van der Waals surface area contributed by atoms with Crippen molar-refractivity contribution in [2.24, 2.45) is 0 Å². The van der Waals surface area contributed by atoms with Gasteiger partial charge < -0.3 is 14.5 Å². The number of carbonyl (C=O) groups excluding carboxylic acids is 1. The Bertz CT molecular complexity index is 1010. The number of pyridine rings is 1. The molecule has 0 radical (unpaired) electrons. The Morgan fingerprint density at radius 2 is 1.72 bits per heavy atom. The van der Waals surface area contributed by atoms with Crippen molar-refractivity contribution >= 4 is 11.6 Å². The Morgan fingerprint density at radius 1 is 1.00 bits per heavy atom. The van der Waals surface area contributed by atoms with Gasteiger partial charge in [0, 0.05) is 32.4 Å². The van der Waals surface area contributed by atoms with Crippen molar-refractivity contribution in [2.45, 2.75) is 13.8 Å². The topological polar surface area (TPSA) is 63.5 Å². The first-order chi connectivity index (χ1) is 14.1. The third kappa shape index (κ3) is 3.55. The number of aromatic nitrogens is 3. The van der Waals surface area contributed by atoms with Crippen molar-refractivity contribution in [2.75, 3.05) is 38.2 Å². The minimum atomic E-state index is -0.0389. The van der Waals surface area contributed by atoms with Gasteiger partial charge in [0.15, 0.2) is 0 Å². The van der Waals surface area contributed by atoms with Gasteiger partial charge in [-0.05, 0) is 38.1 Å². The number of nitrogens with zero attached hydrogens (tertiary/aromatic N) is 5. The number of rotatable bonds is 4. The van der Waals surface area contributed by atoms with Gasteiger partial charge in [-0.25, -0.2) is 9.67 Å². The molecule has 1 saturated heterocycles. The van der Waals surface area contributed by atoms with E-state index < -0.39 is 0 Å². The number of aryl methyl sites for hydroxylation is 1. The predicted molar refractivity (Wildman–Crippen MR) is 112 cm³/mol. The van der Waals surface area contributed by atoms with E-state index in [1.807, 2.05) is 34.7 Å². The molecule has 1 fully saturated rings. The van der Waals surface area contributed by atoms with Gasteiger partial charge in [0.2, 0.25) is 5.88 Å². The Balaban J connectivity index is 1.51. The van der Waals surface area contributed by atoms with Crippen molar-refractivity contribution in [1.29, 1.82) is 0 Å². The van der Waals surface area contributed by atoms with Crippen LogP contribution in [0.15, 0.2) is 48.7 Å². The molecular formula is C22H25N5O2. The molecule has 0 spiro atoms. The normalized spacial score (nSPS) is 14.2. The maximum absolute atomic E-state index is 12.9. The van der Waals surface area contributed by atoms with Crippen LogP contribution in [0.4, 0.5) is 5.69 Å². The van der Waals surface area contributed by atoms with Gasteiger partial charge in [-0.1, -0.05) is 18.2 Å². The highest BCUT2D eigenvalue weighted by atomic mass is 16.5. The summed E-state index contributed by atoms with van der Waals surface area (Å²) < 4.78 is 7.23. The van der Waals surface area contributed by atoms with Crippen LogP contribution >= 0.6 is 0 Å². The van der Waals surface area contributed by atoms with Crippen LogP contribution in [0.3, 0.4) is 0 Å². The minimum Gasteiger partial charge on any atom is -0.480 e. The maximum atomic E-state index is 12.9. The van der Waals surface area contributed by atoms with Crippen LogP contribution in [0, 0.1) is 13.8 Å². The van der Waals surface area contributed by atoms with E-state index in [1.54, 1.807) is 18.3 Å². The van der Waals surface area contributed by atoms with Gasteiger partial charge in [0.05, 0.1) is 29.9 Å². The standard InChI is InChI=1S/C22H25N5O2/c1-16-20(17(2)27(24-16)18-8-5-4-6-9-18)25-12-14-26(15-13-25)22(28)19-10-7-11-23-21(19)29-3/h4-11H,12-15H2,1-3H3. The molecule has 1 aliphatic heterocycles. The lowest BCUT2D eigenvalue weighted by molar-refractivity contribution is 0.0742. The molecule has 3 heterocycles. The third-order valence-corrected chi connectivity index (χ3v) is 5.33. The molecular weight excluding hydrogens is 366 g/mol. The van der Waals surface area contributed by atoms with E-state index in [0.29, 0.717) is 24.5 Å². The SMILES string of the molecule is COc1ncccc1C(=O)N1CCN(c2c(C)nn(-c3ccccc3)c2C)CC1. The van der Waals surface area contributed by atoms with E-state index in [1.165, 1.54) is 7.11 Å². The summed E-state index contributed by atoms with van der Waals surface area (Å²) in [7, 11) is 1.53. The first-order valence-electron chi connectivity index (χ1n) is 9.75. The summed E-state index contributed by atoms with van der Waals surface area (Å²) in [6.07, 6.45) is 1.63. The average Bonchev–Trinajstić information content (AvgIpc) is 3.08. The minimum absolute atomic E-state index is 0.0389. The lowest BCUT2D eigenvalue weighted by Crippen LogP contribution is -2.49. The van der Waals surface area contributed by atoms with Crippen molar-refractivity contribution in [3.05, 3.63) is 65.6 Å². The number of ether oxygens (including phenoxy) is 1. The number of carbonyl (C=O) groups is 1. The highest BCUT2D eigenvalue weighted by molar-refractivity contribution is 5.96. The van der Waals surface area contributed by atoms with E-state index in [-0.39, 0.29) is 5.91 Å². The van der Waals surface area contributed by atoms with E-state index in [0.717, 1.165) is 35.9 Å². The average molecular weight is 391 g/mol. The van der Waals surface area contributed by atoms with E-state index >= 15 is 0 Å². The van der Waals surface area contributed by atoms with Crippen molar-refractivity contribution in [3.63, 3.8) is 0 Å². The van der Waals surface area contributed by atoms with Crippen molar-refractivity contribution in [3.8, 4) is 11.6 Å². The second kappa shape index (κ2) is 7.95. The summed E-state index contributed by atoms with van der Waals surface area (Å²) in [6.45, 7) is 6.95. The Labute approximate surface area is 170 Å². The molecule has 0 atom stereocenters. The maximum Gasteiger partial charge on any atom is 0.259 e.